The third-order valence-corrected chi connectivity index (χ3v) is 6.20. The fourth-order valence-electron chi connectivity index (χ4n) is 4.73. The van der Waals surface area contributed by atoms with E-state index in [2.05, 4.69) is 29.6 Å². The molecule has 1 aliphatic carbocycles. The summed E-state index contributed by atoms with van der Waals surface area (Å²) in [6.07, 6.45) is 0.204. The molecule has 1 atom stereocenters. The maximum Gasteiger partial charge on any atom is 0.407 e. The van der Waals surface area contributed by atoms with Gasteiger partial charge in [0, 0.05) is 25.4 Å². The molecule has 0 fully saturated rings. The van der Waals surface area contributed by atoms with Gasteiger partial charge in [-0.25, -0.2) is 4.79 Å². The van der Waals surface area contributed by atoms with Crippen LogP contribution in [0.3, 0.4) is 0 Å². The van der Waals surface area contributed by atoms with Crippen LogP contribution in [-0.2, 0) is 14.3 Å². The number of hydrogen-bond acceptors (Lipinski definition) is 5. The standard InChI is InChI=1S/C27H34N2O6/c1-18(2)13-19(14-25(31)29(11-12-30)16-26(32)33)15-28-27(34)35-17-24-22-9-5-3-7-20(22)21-8-4-6-10-23(21)24/h3-10,18-19,24,30H,11-17H2,1-2H3,(H,28,34)(H,32,33)/t19-/m0/s1. The molecule has 3 N–H and O–H groups in total. The van der Waals surface area contributed by atoms with Crippen molar-refractivity contribution in [1.29, 1.82) is 0 Å². The number of carbonyl (C=O) groups is 3. The number of carbonyl (C=O) groups excluding carboxylic acids is 2. The van der Waals surface area contributed by atoms with Crippen LogP contribution in [0.15, 0.2) is 48.5 Å². The Morgan fingerprint density at radius 3 is 2.17 bits per heavy atom. The van der Waals surface area contributed by atoms with Crippen LogP contribution in [-0.4, -0.2) is 65.9 Å². The smallest absolute Gasteiger partial charge is 0.407 e. The highest BCUT2D eigenvalue weighted by atomic mass is 16.5. The minimum Gasteiger partial charge on any atom is -0.480 e. The zero-order chi connectivity index (χ0) is 25.4. The van der Waals surface area contributed by atoms with Crippen LogP contribution in [0.4, 0.5) is 4.79 Å². The number of ether oxygens (including phenoxy) is 1. The zero-order valence-electron chi connectivity index (χ0n) is 20.3. The Balaban J connectivity index is 1.57. The van der Waals surface area contributed by atoms with Gasteiger partial charge in [-0.05, 0) is 40.5 Å². The maximum absolute atomic E-state index is 12.6. The van der Waals surface area contributed by atoms with Gasteiger partial charge >= 0.3 is 12.1 Å². The molecule has 0 heterocycles. The molecule has 3 rings (SSSR count). The number of aliphatic hydroxyl groups is 1. The molecule has 8 nitrogen and oxygen atoms in total. The van der Waals surface area contributed by atoms with Gasteiger partial charge < -0.3 is 25.2 Å². The number of amides is 2. The minimum absolute atomic E-state index is 0.0377. The van der Waals surface area contributed by atoms with E-state index in [0.717, 1.165) is 27.2 Å². The number of benzene rings is 2. The molecule has 2 amide bonds. The highest BCUT2D eigenvalue weighted by Gasteiger charge is 2.29. The van der Waals surface area contributed by atoms with Gasteiger partial charge in [0.2, 0.25) is 5.91 Å². The van der Waals surface area contributed by atoms with Crippen LogP contribution < -0.4 is 5.32 Å². The second kappa shape index (κ2) is 12.4. The molecule has 1 aliphatic rings. The number of hydrogen-bond donors (Lipinski definition) is 3. The fourth-order valence-corrected chi connectivity index (χ4v) is 4.73. The van der Waals surface area contributed by atoms with Crippen LogP contribution in [0.1, 0.15) is 43.7 Å². The Labute approximate surface area is 205 Å². The summed E-state index contributed by atoms with van der Waals surface area (Å²) in [7, 11) is 0. The van der Waals surface area contributed by atoms with E-state index >= 15 is 0 Å². The molecule has 188 valence electrons. The molecule has 2 aromatic rings. The highest BCUT2D eigenvalue weighted by Crippen LogP contribution is 2.44. The first-order valence-corrected chi connectivity index (χ1v) is 12.0. The number of carboxylic acid groups (broad SMARTS) is 1. The first-order chi connectivity index (χ1) is 16.8. The lowest BCUT2D eigenvalue weighted by molar-refractivity contribution is -0.145. The predicted octanol–water partition coefficient (Wildman–Crippen LogP) is 3.48. The van der Waals surface area contributed by atoms with Crippen molar-refractivity contribution in [2.75, 3.05) is 32.8 Å². The number of nitrogens with one attached hydrogen (secondary N) is 1. The monoisotopic (exact) mass is 482 g/mol. The summed E-state index contributed by atoms with van der Waals surface area (Å²) in [5.41, 5.74) is 4.57. The van der Waals surface area contributed by atoms with E-state index in [9.17, 15) is 14.4 Å². The number of nitrogens with zero attached hydrogens (tertiary/aromatic N) is 1. The van der Waals surface area contributed by atoms with Crippen LogP contribution in [0.2, 0.25) is 0 Å². The fraction of sp³-hybridized carbons (Fsp3) is 0.444. The molecule has 35 heavy (non-hydrogen) atoms. The van der Waals surface area contributed by atoms with Gasteiger partial charge in [0.25, 0.3) is 0 Å². The highest BCUT2D eigenvalue weighted by molar-refractivity contribution is 5.81. The van der Waals surface area contributed by atoms with Crippen molar-refractivity contribution in [2.24, 2.45) is 11.8 Å². The molecule has 0 aliphatic heterocycles. The van der Waals surface area contributed by atoms with Gasteiger partial charge in [0.05, 0.1) is 6.61 Å². The quantitative estimate of drug-likeness (QED) is 0.427. The lowest BCUT2D eigenvalue weighted by Gasteiger charge is -2.24. The molecule has 0 aromatic heterocycles. The minimum atomic E-state index is -1.14. The molecular formula is C27H34N2O6. The van der Waals surface area contributed by atoms with E-state index in [1.807, 2.05) is 38.1 Å². The summed E-state index contributed by atoms with van der Waals surface area (Å²) in [6.45, 7) is 3.66. The van der Waals surface area contributed by atoms with Gasteiger partial charge in [0.15, 0.2) is 0 Å². The second-order valence-electron chi connectivity index (χ2n) is 9.34. The van der Waals surface area contributed by atoms with Crippen LogP contribution in [0.25, 0.3) is 11.1 Å². The largest absolute Gasteiger partial charge is 0.480 e. The van der Waals surface area contributed by atoms with Crippen molar-refractivity contribution < 1.29 is 29.3 Å². The van der Waals surface area contributed by atoms with Gasteiger partial charge in [-0.15, -0.1) is 0 Å². The Morgan fingerprint density at radius 2 is 1.63 bits per heavy atom. The van der Waals surface area contributed by atoms with Crippen LogP contribution in [0, 0.1) is 11.8 Å². The maximum atomic E-state index is 12.6. The predicted molar refractivity (Wildman–Crippen MR) is 132 cm³/mol. The summed E-state index contributed by atoms with van der Waals surface area (Å²) < 4.78 is 5.58. The van der Waals surface area contributed by atoms with Crippen molar-refractivity contribution in [3.8, 4) is 11.1 Å². The SMILES string of the molecule is CC(C)C[C@H](CNC(=O)OCC1c2ccccc2-c2ccccc21)CC(=O)N(CCO)CC(=O)O. The van der Waals surface area contributed by atoms with Crippen molar-refractivity contribution in [3.63, 3.8) is 0 Å². The van der Waals surface area contributed by atoms with Crippen molar-refractivity contribution in [3.05, 3.63) is 59.7 Å². The average molecular weight is 483 g/mol. The number of fused-ring (bicyclic) bond motifs is 3. The van der Waals surface area contributed by atoms with Gasteiger partial charge in [0.1, 0.15) is 13.2 Å². The first kappa shape index (κ1) is 26.2. The third kappa shape index (κ3) is 7.05. The van der Waals surface area contributed by atoms with Crippen LogP contribution >= 0.6 is 0 Å². The normalized spacial score (nSPS) is 13.1. The summed E-state index contributed by atoms with van der Waals surface area (Å²) in [5, 5.41) is 21.0. The Bertz CT molecular complexity index is 992. The molecule has 0 spiro atoms. The van der Waals surface area contributed by atoms with Gasteiger partial charge in [-0.3, -0.25) is 9.59 Å². The summed E-state index contributed by atoms with van der Waals surface area (Å²) in [4.78, 5) is 37.4. The third-order valence-electron chi connectivity index (χ3n) is 6.20. The number of carboxylic acids is 1. The molecule has 2 aromatic carbocycles. The summed E-state index contributed by atoms with van der Waals surface area (Å²) >= 11 is 0. The molecule has 8 heteroatoms. The molecule has 0 saturated heterocycles. The Kier molecular flexibility index (Phi) is 9.25. The summed E-state index contributed by atoms with van der Waals surface area (Å²) in [5.74, 6) is -1.43. The van der Waals surface area contributed by atoms with E-state index in [4.69, 9.17) is 14.9 Å². The second-order valence-corrected chi connectivity index (χ2v) is 9.34. The molecular weight excluding hydrogens is 448 g/mol. The van der Waals surface area contributed by atoms with E-state index in [-0.39, 0.29) is 56.4 Å². The van der Waals surface area contributed by atoms with E-state index < -0.39 is 18.6 Å². The van der Waals surface area contributed by atoms with E-state index in [1.54, 1.807) is 0 Å². The van der Waals surface area contributed by atoms with Crippen molar-refractivity contribution in [1.82, 2.24) is 10.2 Å². The first-order valence-electron chi connectivity index (χ1n) is 12.0. The summed E-state index contributed by atoms with van der Waals surface area (Å²) in [6, 6.07) is 16.2. The molecule has 0 unspecified atom stereocenters. The van der Waals surface area contributed by atoms with Crippen molar-refractivity contribution in [2.45, 2.75) is 32.6 Å². The molecule has 0 radical (unpaired) electrons. The van der Waals surface area contributed by atoms with Crippen molar-refractivity contribution >= 4 is 18.0 Å². The number of alkyl carbamates (subject to hydrolysis) is 1. The molecule has 0 bridgehead atoms. The van der Waals surface area contributed by atoms with E-state index in [1.165, 1.54) is 0 Å². The number of aliphatic carboxylic acids is 1. The number of rotatable bonds is 12. The topological polar surface area (TPSA) is 116 Å². The Morgan fingerprint density at radius 1 is 1.03 bits per heavy atom. The van der Waals surface area contributed by atoms with Gasteiger partial charge in [-0.1, -0.05) is 62.4 Å². The lowest BCUT2D eigenvalue weighted by atomic mass is 9.93. The Hall–Kier alpha value is -3.39. The average Bonchev–Trinajstić information content (AvgIpc) is 3.14. The molecule has 0 saturated carbocycles. The zero-order valence-corrected chi connectivity index (χ0v) is 20.3. The number of aliphatic hydroxyl groups excluding tert-OH is 1. The van der Waals surface area contributed by atoms with E-state index in [0.29, 0.717) is 6.42 Å². The van der Waals surface area contributed by atoms with Gasteiger partial charge in [-0.2, -0.15) is 0 Å². The van der Waals surface area contributed by atoms with Crippen LogP contribution in [0.5, 0.6) is 0 Å². The lowest BCUT2D eigenvalue weighted by Crippen LogP contribution is -2.40.